The summed E-state index contributed by atoms with van der Waals surface area (Å²) in [6, 6.07) is 15.7. The topological polar surface area (TPSA) is 56.8 Å². The van der Waals surface area contributed by atoms with Gasteiger partial charge < -0.3 is 19.5 Å². The second-order valence-electron chi connectivity index (χ2n) is 6.87. The fraction of sp³-hybridized carbons (Fsp3) is 0.409. The summed E-state index contributed by atoms with van der Waals surface area (Å²) < 4.78 is 16.4. The smallest absolute Gasteiger partial charge is 0.231 e. The molecule has 2 aromatic carbocycles. The lowest BCUT2D eigenvalue weighted by atomic mass is 9.73. The number of hydrogen-bond donors (Lipinski definition) is 1. The molecule has 0 radical (unpaired) electrons. The predicted molar refractivity (Wildman–Crippen MR) is 104 cm³/mol. The zero-order valence-electron chi connectivity index (χ0n) is 16.2. The first-order chi connectivity index (χ1) is 13.1. The van der Waals surface area contributed by atoms with Crippen LogP contribution in [0.3, 0.4) is 0 Å². The van der Waals surface area contributed by atoms with E-state index in [-0.39, 0.29) is 11.9 Å². The molecule has 1 amide bonds. The van der Waals surface area contributed by atoms with E-state index in [1.807, 2.05) is 55.5 Å². The second kappa shape index (κ2) is 8.44. The van der Waals surface area contributed by atoms with Crippen molar-refractivity contribution in [3.63, 3.8) is 0 Å². The van der Waals surface area contributed by atoms with Gasteiger partial charge in [0.1, 0.15) is 0 Å². The van der Waals surface area contributed by atoms with Crippen LogP contribution in [-0.4, -0.2) is 33.3 Å². The van der Waals surface area contributed by atoms with Gasteiger partial charge in [0.2, 0.25) is 5.91 Å². The molecule has 1 saturated heterocycles. The van der Waals surface area contributed by atoms with E-state index in [9.17, 15) is 4.79 Å². The number of carbonyl (C=O) groups excluding carboxylic acids is 1. The fourth-order valence-corrected chi connectivity index (χ4v) is 3.66. The minimum absolute atomic E-state index is 0.0226. The average Bonchev–Trinajstić information content (AvgIpc) is 2.74. The molecule has 0 saturated carbocycles. The molecule has 1 aliphatic heterocycles. The maximum atomic E-state index is 13.4. The molecule has 0 aliphatic carbocycles. The van der Waals surface area contributed by atoms with Crippen LogP contribution < -0.4 is 14.8 Å². The maximum Gasteiger partial charge on any atom is 0.231 e. The number of methoxy groups -OCH3 is 2. The number of rotatable bonds is 6. The van der Waals surface area contributed by atoms with Gasteiger partial charge in [0, 0.05) is 13.2 Å². The van der Waals surface area contributed by atoms with Crippen LogP contribution in [0.2, 0.25) is 0 Å². The lowest BCUT2D eigenvalue weighted by molar-refractivity contribution is -0.131. The highest BCUT2D eigenvalue weighted by Gasteiger charge is 2.42. The van der Waals surface area contributed by atoms with Gasteiger partial charge in [-0.1, -0.05) is 36.4 Å². The second-order valence-corrected chi connectivity index (χ2v) is 6.87. The molecule has 5 nitrogen and oxygen atoms in total. The van der Waals surface area contributed by atoms with E-state index >= 15 is 0 Å². The minimum atomic E-state index is -0.638. The van der Waals surface area contributed by atoms with Crippen molar-refractivity contribution in [1.82, 2.24) is 5.32 Å². The highest BCUT2D eigenvalue weighted by molar-refractivity contribution is 5.89. The molecule has 1 atom stereocenters. The van der Waals surface area contributed by atoms with Crippen molar-refractivity contribution in [2.24, 2.45) is 0 Å². The van der Waals surface area contributed by atoms with Gasteiger partial charge in [0.05, 0.1) is 25.7 Å². The molecule has 1 aliphatic rings. The number of nitrogens with one attached hydrogen (secondary N) is 1. The third-order valence-corrected chi connectivity index (χ3v) is 5.36. The highest BCUT2D eigenvalue weighted by atomic mass is 16.5. The Morgan fingerprint density at radius 1 is 1.04 bits per heavy atom. The molecule has 3 rings (SSSR count). The van der Waals surface area contributed by atoms with Gasteiger partial charge in [0.25, 0.3) is 0 Å². The van der Waals surface area contributed by atoms with E-state index < -0.39 is 5.41 Å². The van der Waals surface area contributed by atoms with Gasteiger partial charge in [0.15, 0.2) is 11.5 Å². The quantitative estimate of drug-likeness (QED) is 0.845. The van der Waals surface area contributed by atoms with Gasteiger partial charge in [-0.3, -0.25) is 4.79 Å². The van der Waals surface area contributed by atoms with Crippen molar-refractivity contribution in [2.75, 3.05) is 27.4 Å². The molecule has 144 valence electrons. The zero-order valence-corrected chi connectivity index (χ0v) is 16.2. The third-order valence-electron chi connectivity index (χ3n) is 5.36. The van der Waals surface area contributed by atoms with Crippen LogP contribution in [0.4, 0.5) is 0 Å². The van der Waals surface area contributed by atoms with E-state index in [1.54, 1.807) is 14.2 Å². The van der Waals surface area contributed by atoms with Crippen LogP contribution in [0.15, 0.2) is 48.5 Å². The monoisotopic (exact) mass is 369 g/mol. The molecule has 27 heavy (non-hydrogen) atoms. The molecular formula is C22H27NO4. The van der Waals surface area contributed by atoms with Gasteiger partial charge in [-0.2, -0.15) is 0 Å². The van der Waals surface area contributed by atoms with Crippen LogP contribution in [0.5, 0.6) is 11.5 Å². The molecule has 2 aromatic rings. The summed E-state index contributed by atoms with van der Waals surface area (Å²) in [6.07, 6.45) is 1.27. The zero-order chi connectivity index (χ0) is 19.3. The van der Waals surface area contributed by atoms with Gasteiger partial charge in [-0.25, -0.2) is 0 Å². The Kier molecular flexibility index (Phi) is 6.01. The summed E-state index contributed by atoms with van der Waals surface area (Å²) in [4.78, 5) is 13.4. The van der Waals surface area contributed by atoms with E-state index in [0.29, 0.717) is 37.6 Å². The average molecular weight is 369 g/mol. The predicted octanol–water partition coefficient (Wildman–Crippen LogP) is 3.63. The van der Waals surface area contributed by atoms with Crippen LogP contribution in [0.25, 0.3) is 0 Å². The van der Waals surface area contributed by atoms with Gasteiger partial charge in [-0.05, 0) is 43.0 Å². The summed E-state index contributed by atoms with van der Waals surface area (Å²) in [5.41, 5.74) is 1.38. The lowest BCUT2D eigenvalue weighted by Gasteiger charge is -2.37. The summed E-state index contributed by atoms with van der Waals surface area (Å²) in [6.45, 7) is 3.12. The number of carbonyl (C=O) groups is 1. The number of amides is 1. The van der Waals surface area contributed by atoms with E-state index in [0.717, 1.165) is 11.1 Å². The van der Waals surface area contributed by atoms with Crippen molar-refractivity contribution in [2.45, 2.75) is 31.2 Å². The lowest BCUT2D eigenvalue weighted by Crippen LogP contribution is -2.48. The first-order valence-electron chi connectivity index (χ1n) is 9.27. The number of hydrogen-bond acceptors (Lipinski definition) is 4. The summed E-state index contributed by atoms with van der Waals surface area (Å²) in [7, 11) is 3.21. The van der Waals surface area contributed by atoms with Gasteiger partial charge >= 0.3 is 0 Å². The maximum absolute atomic E-state index is 13.4. The number of benzene rings is 2. The van der Waals surface area contributed by atoms with Crippen molar-refractivity contribution in [1.29, 1.82) is 0 Å². The van der Waals surface area contributed by atoms with Crippen molar-refractivity contribution in [3.05, 3.63) is 59.7 Å². The van der Waals surface area contributed by atoms with Crippen molar-refractivity contribution < 1.29 is 19.0 Å². The highest BCUT2D eigenvalue weighted by Crippen LogP contribution is 2.39. The van der Waals surface area contributed by atoms with Crippen LogP contribution in [0, 0.1) is 0 Å². The van der Waals surface area contributed by atoms with E-state index in [2.05, 4.69) is 5.32 Å². The minimum Gasteiger partial charge on any atom is -0.493 e. The fourth-order valence-electron chi connectivity index (χ4n) is 3.66. The molecule has 1 fully saturated rings. The van der Waals surface area contributed by atoms with E-state index in [4.69, 9.17) is 14.2 Å². The Morgan fingerprint density at radius 3 is 2.33 bits per heavy atom. The third kappa shape index (κ3) is 3.93. The summed E-state index contributed by atoms with van der Waals surface area (Å²) in [5.74, 6) is 1.31. The Bertz CT molecular complexity index is 769. The van der Waals surface area contributed by atoms with Crippen LogP contribution in [0.1, 0.15) is 36.9 Å². The van der Waals surface area contributed by atoms with Crippen LogP contribution >= 0.6 is 0 Å². The Balaban J connectivity index is 1.92. The van der Waals surface area contributed by atoms with Gasteiger partial charge in [-0.15, -0.1) is 0 Å². The molecule has 5 heteroatoms. The normalized spacial score (nSPS) is 17.0. The Morgan fingerprint density at radius 2 is 1.70 bits per heavy atom. The molecule has 0 aromatic heterocycles. The molecule has 0 spiro atoms. The molecule has 1 heterocycles. The van der Waals surface area contributed by atoms with E-state index in [1.165, 1.54) is 0 Å². The Labute approximate surface area is 160 Å². The summed E-state index contributed by atoms with van der Waals surface area (Å²) in [5, 5.41) is 3.20. The molecule has 0 bridgehead atoms. The van der Waals surface area contributed by atoms with Crippen molar-refractivity contribution >= 4 is 5.91 Å². The Hall–Kier alpha value is -2.53. The van der Waals surface area contributed by atoms with Crippen LogP contribution in [-0.2, 0) is 14.9 Å². The first kappa shape index (κ1) is 19.2. The SMILES string of the molecule is COc1ccc(C2(C(=O)NC(C)c3ccccc3)CCOCC2)cc1OC. The molecule has 1 N–H and O–H groups in total. The molecular weight excluding hydrogens is 342 g/mol. The summed E-state index contributed by atoms with van der Waals surface area (Å²) >= 11 is 0. The standard InChI is InChI=1S/C22H27NO4/c1-16(17-7-5-4-6-8-17)23-21(24)22(11-13-27-14-12-22)18-9-10-19(25-2)20(15-18)26-3/h4-10,15-16H,11-14H2,1-3H3,(H,23,24). The largest absolute Gasteiger partial charge is 0.493 e. The van der Waals surface area contributed by atoms with Crippen molar-refractivity contribution in [3.8, 4) is 11.5 Å². The number of ether oxygens (including phenoxy) is 3. The first-order valence-corrected chi connectivity index (χ1v) is 9.27. The molecule has 1 unspecified atom stereocenters.